The predicted octanol–water partition coefficient (Wildman–Crippen LogP) is 5.74. The van der Waals surface area contributed by atoms with Crippen LogP contribution in [0, 0.1) is 0 Å². The van der Waals surface area contributed by atoms with E-state index >= 15 is 0 Å². The SMILES string of the molecule is CCCCCCCC/C=C\CCCCCCCC(=O)OCCOCCOCCOCCOCCOCCOCCOCCOCCOCCOCCOCCO. The van der Waals surface area contributed by atoms with Crippen LogP contribution in [0.2, 0.25) is 0 Å². The average Bonchev–Trinajstić information content (AvgIpc) is 3.20. The molecule has 0 heterocycles. The van der Waals surface area contributed by atoms with Crippen LogP contribution < -0.4 is 0 Å². The zero-order chi connectivity index (χ0) is 40.3. The van der Waals surface area contributed by atoms with E-state index in [1.54, 1.807) is 0 Å². The van der Waals surface area contributed by atoms with Crippen molar-refractivity contribution in [2.45, 2.75) is 96.8 Å². The van der Waals surface area contributed by atoms with Crippen molar-refractivity contribution in [3.8, 4) is 0 Å². The van der Waals surface area contributed by atoms with E-state index in [2.05, 4.69) is 19.1 Å². The molecule has 0 aromatic heterocycles. The Morgan fingerprint density at radius 3 is 0.946 bits per heavy atom. The number of unbranched alkanes of at least 4 members (excludes halogenated alkanes) is 11. The second-order valence-electron chi connectivity index (χ2n) is 13.0. The largest absolute Gasteiger partial charge is 0.463 e. The van der Waals surface area contributed by atoms with Crippen LogP contribution in [0.5, 0.6) is 0 Å². The smallest absolute Gasteiger partial charge is 0.305 e. The molecular formula is C42H82O14. The van der Waals surface area contributed by atoms with E-state index in [1.165, 1.54) is 70.6 Å². The molecule has 0 saturated carbocycles. The van der Waals surface area contributed by atoms with Crippen molar-refractivity contribution in [3.63, 3.8) is 0 Å². The molecule has 0 unspecified atom stereocenters. The third-order valence-corrected chi connectivity index (χ3v) is 8.09. The summed E-state index contributed by atoms with van der Waals surface area (Å²) >= 11 is 0. The fourth-order valence-corrected chi connectivity index (χ4v) is 4.99. The second kappa shape index (κ2) is 51.7. The number of carbonyl (C=O) groups excluding carboxylic acids is 1. The van der Waals surface area contributed by atoms with Gasteiger partial charge in [0.05, 0.1) is 152 Å². The first-order valence-corrected chi connectivity index (χ1v) is 21.6. The molecule has 1 N–H and O–H groups in total. The van der Waals surface area contributed by atoms with Crippen molar-refractivity contribution in [2.75, 3.05) is 159 Å². The summed E-state index contributed by atoms with van der Waals surface area (Å²) in [6.07, 6.45) is 21.3. The van der Waals surface area contributed by atoms with E-state index in [0.29, 0.717) is 152 Å². The highest BCUT2D eigenvalue weighted by molar-refractivity contribution is 5.69. The fraction of sp³-hybridized carbons (Fsp3) is 0.929. The number of allylic oxidation sites excluding steroid dienone is 2. The van der Waals surface area contributed by atoms with Crippen molar-refractivity contribution < 1.29 is 66.7 Å². The number of carbonyl (C=O) groups is 1. The highest BCUT2D eigenvalue weighted by Crippen LogP contribution is 2.10. The van der Waals surface area contributed by atoms with Crippen molar-refractivity contribution in [3.05, 3.63) is 12.2 Å². The minimum Gasteiger partial charge on any atom is -0.463 e. The van der Waals surface area contributed by atoms with Crippen molar-refractivity contribution in [2.24, 2.45) is 0 Å². The zero-order valence-electron chi connectivity index (χ0n) is 35.3. The number of aliphatic hydroxyl groups excluding tert-OH is 1. The second-order valence-corrected chi connectivity index (χ2v) is 13.0. The topological polar surface area (TPSA) is 148 Å². The van der Waals surface area contributed by atoms with Crippen molar-refractivity contribution in [1.29, 1.82) is 0 Å². The fourth-order valence-electron chi connectivity index (χ4n) is 4.99. The first-order valence-electron chi connectivity index (χ1n) is 21.6. The zero-order valence-corrected chi connectivity index (χ0v) is 35.3. The van der Waals surface area contributed by atoms with Gasteiger partial charge in [-0.15, -0.1) is 0 Å². The third-order valence-electron chi connectivity index (χ3n) is 8.09. The number of rotatable bonds is 50. The molecule has 0 atom stereocenters. The van der Waals surface area contributed by atoms with Crippen LogP contribution in [0.25, 0.3) is 0 Å². The molecule has 0 fully saturated rings. The monoisotopic (exact) mass is 811 g/mol. The lowest BCUT2D eigenvalue weighted by atomic mass is 10.1. The Hall–Kier alpha value is -1.27. The molecule has 14 nitrogen and oxygen atoms in total. The molecule has 0 saturated heterocycles. The van der Waals surface area contributed by atoms with Gasteiger partial charge in [-0.05, 0) is 32.1 Å². The summed E-state index contributed by atoms with van der Waals surface area (Å²) in [5, 5.41) is 8.59. The summed E-state index contributed by atoms with van der Waals surface area (Å²) in [5.41, 5.74) is 0. The van der Waals surface area contributed by atoms with E-state index < -0.39 is 0 Å². The van der Waals surface area contributed by atoms with Crippen LogP contribution in [-0.2, 0) is 61.6 Å². The summed E-state index contributed by atoms with van der Waals surface area (Å²) in [4.78, 5) is 11.9. The van der Waals surface area contributed by atoms with Crippen LogP contribution in [0.3, 0.4) is 0 Å². The van der Waals surface area contributed by atoms with Gasteiger partial charge in [-0.3, -0.25) is 4.79 Å². The molecule has 0 aliphatic heterocycles. The van der Waals surface area contributed by atoms with Gasteiger partial charge < -0.3 is 61.9 Å². The first kappa shape index (κ1) is 54.7. The Morgan fingerprint density at radius 1 is 0.357 bits per heavy atom. The van der Waals surface area contributed by atoms with Gasteiger partial charge in [-0.2, -0.15) is 0 Å². The Morgan fingerprint density at radius 2 is 0.625 bits per heavy atom. The third kappa shape index (κ3) is 50.7. The van der Waals surface area contributed by atoms with Crippen molar-refractivity contribution >= 4 is 5.97 Å². The van der Waals surface area contributed by atoms with E-state index in [1.807, 2.05) is 0 Å². The summed E-state index contributed by atoms with van der Waals surface area (Å²) in [5.74, 6) is -0.143. The lowest BCUT2D eigenvalue weighted by Crippen LogP contribution is -2.15. The molecule has 0 aliphatic rings. The molecule has 56 heavy (non-hydrogen) atoms. The highest BCUT2D eigenvalue weighted by Gasteiger charge is 2.03. The van der Waals surface area contributed by atoms with Gasteiger partial charge in [0.2, 0.25) is 0 Å². The molecule has 0 radical (unpaired) electrons. The molecule has 14 heteroatoms. The van der Waals surface area contributed by atoms with Gasteiger partial charge in [-0.1, -0.05) is 70.4 Å². The Kier molecular flexibility index (Phi) is 50.6. The van der Waals surface area contributed by atoms with Gasteiger partial charge in [0.25, 0.3) is 0 Å². The molecule has 0 spiro atoms. The number of hydrogen-bond acceptors (Lipinski definition) is 14. The summed E-state index contributed by atoms with van der Waals surface area (Å²) in [7, 11) is 0. The molecule has 0 aromatic carbocycles. The highest BCUT2D eigenvalue weighted by atomic mass is 16.6. The number of hydrogen-bond donors (Lipinski definition) is 1. The maximum absolute atomic E-state index is 11.9. The minimum atomic E-state index is -0.143. The number of ether oxygens (including phenoxy) is 12. The van der Waals surface area contributed by atoms with Crippen molar-refractivity contribution in [1.82, 2.24) is 0 Å². The van der Waals surface area contributed by atoms with Gasteiger partial charge in [0, 0.05) is 6.42 Å². The summed E-state index contributed by atoms with van der Waals surface area (Å²) in [6, 6.07) is 0. The first-order chi connectivity index (χ1) is 27.8. The standard InChI is InChI=1S/C42H82O14/c1-2-3-4-5-6-7-8-9-10-11-12-13-14-15-16-17-42(44)56-41-40-55-39-38-54-37-36-53-35-34-52-33-32-51-31-30-50-29-28-49-27-26-48-25-24-47-23-22-46-21-20-45-19-18-43/h9-10,43H,2-8,11-41H2,1H3/b10-9-. The summed E-state index contributed by atoms with van der Waals surface area (Å²) < 4.78 is 64.9. The van der Waals surface area contributed by atoms with Gasteiger partial charge >= 0.3 is 5.97 Å². The van der Waals surface area contributed by atoms with E-state index in [9.17, 15) is 4.79 Å². The van der Waals surface area contributed by atoms with Gasteiger partial charge in [0.1, 0.15) is 6.61 Å². The average molecular weight is 811 g/mol. The number of aliphatic hydroxyl groups is 1. The van der Waals surface area contributed by atoms with E-state index in [0.717, 1.165) is 12.8 Å². The Bertz CT molecular complexity index is 761. The minimum absolute atomic E-state index is 0.0226. The lowest BCUT2D eigenvalue weighted by molar-refractivity contribution is -0.145. The number of esters is 1. The van der Waals surface area contributed by atoms with Crippen LogP contribution in [0.1, 0.15) is 96.8 Å². The van der Waals surface area contributed by atoms with Crippen LogP contribution in [-0.4, -0.2) is 170 Å². The molecule has 0 aliphatic carbocycles. The van der Waals surface area contributed by atoms with Crippen LogP contribution in [0.4, 0.5) is 0 Å². The van der Waals surface area contributed by atoms with E-state index in [4.69, 9.17) is 61.9 Å². The normalized spacial score (nSPS) is 11.7. The lowest BCUT2D eigenvalue weighted by Gasteiger charge is -2.09. The Balaban J connectivity index is 3.14. The molecule has 0 bridgehead atoms. The Labute approximate surface area is 339 Å². The molecule has 0 aromatic rings. The predicted molar refractivity (Wildman–Crippen MR) is 217 cm³/mol. The van der Waals surface area contributed by atoms with Crippen LogP contribution >= 0.6 is 0 Å². The molecule has 334 valence electrons. The quantitative estimate of drug-likeness (QED) is 0.0452. The van der Waals surface area contributed by atoms with E-state index in [-0.39, 0.29) is 19.2 Å². The van der Waals surface area contributed by atoms with Gasteiger partial charge in [-0.25, -0.2) is 0 Å². The molecule has 0 rings (SSSR count). The molecule has 0 amide bonds. The molecular weight excluding hydrogens is 728 g/mol. The van der Waals surface area contributed by atoms with Crippen LogP contribution in [0.15, 0.2) is 12.2 Å². The maximum atomic E-state index is 11.9. The van der Waals surface area contributed by atoms with Gasteiger partial charge in [0.15, 0.2) is 0 Å². The summed E-state index contributed by atoms with van der Waals surface area (Å²) in [6.45, 7) is 13.1. The maximum Gasteiger partial charge on any atom is 0.305 e.